The molecule has 1 atom stereocenters. The molecule has 2 amide bonds. The standard InChI is InChI=1S/C14H17F2N3O2.ClH/c1-9(17)13(20)18-4-6-19(7-5-18)14(21)10-2-3-11(15)12(16)8-10;/h2-3,8-9H,4-7,17H2,1H3;1H/t9-;/m1./s1. The molecule has 1 fully saturated rings. The minimum absolute atomic E-state index is 0. The molecule has 1 aliphatic rings. The van der Waals surface area contributed by atoms with Crippen LogP contribution in [-0.4, -0.2) is 53.8 Å². The summed E-state index contributed by atoms with van der Waals surface area (Å²) in [7, 11) is 0. The van der Waals surface area contributed by atoms with Gasteiger partial charge in [0.1, 0.15) is 0 Å². The second-order valence-electron chi connectivity index (χ2n) is 5.04. The molecule has 0 spiro atoms. The number of rotatable bonds is 2. The van der Waals surface area contributed by atoms with Crippen LogP contribution in [0.4, 0.5) is 8.78 Å². The van der Waals surface area contributed by atoms with Crippen molar-refractivity contribution in [2.45, 2.75) is 13.0 Å². The molecular formula is C14H18ClF2N3O2. The van der Waals surface area contributed by atoms with Crippen LogP contribution in [-0.2, 0) is 4.79 Å². The Kier molecular flexibility index (Phi) is 6.25. The quantitative estimate of drug-likeness (QED) is 0.878. The molecule has 0 unspecified atom stereocenters. The maximum absolute atomic E-state index is 13.2. The molecule has 0 saturated carbocycles. The molecule has 0 bridgehead atoms. The predicted molar refractivity (Wildman–Crippen MR) is 79.7 cm³/mol. The third kappa shape index (κ3) is 3.92. The van der Waals surface area contributed by atoms with Crippen molar-refractivity contribution < 1.29 is 18.4 Å². The van der Waals surface area contributed by atoms with E-state index in [0.717, 1.165) is 12.1 Å². The number of carbonyl (C=O) groups excluding carboxylic acids is 2. The molecule has 2 N–H and O–H groups in total. The number of amides is 2. The van der Waals surface area contributed by atoms with Gasteiger partial charge in [-0.25, -0.2) is 8.78 Å². The highest BCUT2D eigenvalue weighted by molar-refractivity contribution is 5.94. The Morgan fingerprint density at radius 1 is 1.09 bits per heavy atom. The van der Waals surface area contributed by atoms with Gasteiger partial charge >= 0.3 is 0 Å². The molecule has 0 radical (unpaired) electrons. The highest BCUT2D eigenvalue weighted by Crippen LogP contribution is 2.13. The number of nitrogens with zero attached hydrogens (tertiary/aromatic N) is 2. The summed E-state index contributed by atoms with van der Waals surface area (Å²) in [6, 6.07) is 2.49. The molecule has 1 aromatic rings. The van der Waals surface area contributed by atoms with Gasteiger partial charge in [-0.15, -0.1) is 12.4 Å². The third-order valence-electron chi connectivity index (χ3n) is 3.43. The van der Waals surface area contributed by atoms with Crippen molar-refractivity contribution in [2.24, 2.45) is 5.73 Å². The molecule has 1 heterocycles. The zero-order chi connectivity index (χ0) is 15.6. The first-order valence-electron chi connectivity index (χ1n) is 6.69. The first-order valence-corrected chi connectivity index (χ1v) is 6.69. The predicted octanol–water partition coefficient (Wildman–Crippen LogP) is 1.02. The van der Waals surface area contributed by atoms with E-state index >= 15 is 0 Å². The maximum atomic E-state index is 13.2. The Balaban J connectivity index is 0.00000242. The first kappa shape index (κ1) is 18.3. The van der Waals surface area contributed by atoms with E-state index in [1.165, 1.54) is 11.0 Å². The Morgan fingerprint density at radius 3 is 2.14 bits per heavy atom. The fraction of sp³-hybridized carbons (Fsp3) is 0.429. The summed E-state index contributed by atoms with van der Waals surface area (Å²) in [6.07, 6.45) is 0. The van der Waals surface area contributed by atoms with E-state index in [1.54, 1.807) is 11.8 Å². The number of hydrogen-bond donors (Lipinski definition) is 1. The molecule has 1 aromatic carbocycles. The van der Waals surface area contributed by atoms with Gasteiger partial charge < -0.3 is 15.5 Å². The Bertz CT molecular complexity index is 561. The van der Waals surface area contributed by atoms with E-state index < -0.39 is 17.7 Å². The maximum Gasteiger partial charge on any atom is 0.254 e. The van der Waals surface area contributed by atoms with Crippen LogP contribution in [0.5, 0.6) is 0 Å². The Labute approximate surface area is 133 Å². The number of hydrogen-bond acceptors (Lipinski definition) is 3. The van der Waals surface area contributed by atoms with Crippen molar-refractivity contribution in [2.75, 3.05) is 26.2 Å². The average molecular weight is 334 g/mol. The van der Waals surface area contributed by atoms with Crippen LogP contribution in [0.1, 0.15) is 17.3 Å². The van der Waals surface area contributed by atoms with Gasteiger partial charge in [0, 0.05) is 31.7 Å². The van der Waals surface area contributed by atoms with Gasteiger partial charge in [0.05, 0.1) is 6.04 Å². The number of halogens is 3. The van der Waals surface area contributed by atoms with E-state index in [2.05, 4.69) is 0 Å². The second kappa shape index (κ2) is 7.51. The van der Waals surface area contributed by atoms with E-state index in [-0.39, 0.29) is 29.8 Å². The summed E-state index contributed by atoms with van der Waals surface area (Å²) in [5, 5.41) is 0. The fourth-order valence-corrected chi connectivity index (χ4v) is 2.23. The van der Waals surface area contributed by atoms with E-state index in [0.29, 0.717) is 26.2 Å². The van der Waals surface area contributed by atoms with Gasteiger partial charge in [-0.2, -0.15) is 0 Å². The minimum atomic E-state index is -1.05. The molecule has 1 saturated heterocycles. The molecule has 5 nitrogen and oxygen atoms in total. The summed E-state index contributed by atoms with van der Waals surface area (Å²) < 4.78 is 26.0. The summed E-state index contributed by atoms with van der Waals surface area (Å²) >= 11 is 0. The highest BCUT2D eigenvalue weighted by Gasteiger charge is 2.26. The Morgan fingerprint density at radius 2 is 1.64 bits per heavy atom. The summed E-state index contributed by atoms with van der Waals surface area (Å²) in [4.78, 5) is 27.0. The van der Waals surface area contributed by atoms with Crippen LogP contribution < -0.4 is 5.73 Å². The van der Waals surface area contributed by atoms with E-state index in [1.807, 2.05) is 0 Å². The molecule has 8 heteroatoms. The molecule has 22 heavy (non-hydrogen) atoms. The number of benzene rings is 1. The van der Waals surface area contributed by atoms with Crippen molar-refractivity contribution in [3.05, 3.63) is 35.4 Å². The number of piperazine rings is 1. The molecule has 2 rings (SSSR count). The van der Waals surface area contributed by atoms with Crippen LogP contribution in [0, 0.1) is 11.6 Å². The SMILES string of the molecule is C[C@@H](N)C(=O)N1CCN(C(=O)c2ccc(F)c(F)c2)CC1.Cl. The van der Waals surface area contributed by atoms with Crippen LogP contribution >= 0.6 is 12.4 Å². The van der Waals surface area contributed by atoms with Gasteiger partial charge in [0.2, 0.25) is 5.91 Å². The smallest absolute Gasteiger partial charge is 0.254 e. The lowest BCUT2D eigenvalue weighted by atomic mass is 10.1. The largest absolute Gasteiger partial charge is 0.338 e. The summed E-state index contributed by atoms with van der Waals surface area (Å²) in [5.74, 6) is -2.57. The van der Waals surface area contributed by atoms with E-state index in [4.69, 9.17) is 5.73 Å². The van der Waals surface area contributed by atoms with Gasteiger partial charge in [-0.1, -0.05) is 0 Å². The van der Waals surface area contributed by atoms with Crippen molar-refractivity contribution in [1.82, 2.24) is 9.80 Å². The molecule has 1 aliphatic heterocycles. The number of carbonyl (C=O) groups is 2. The topological polar surface area (TPSA) is 66.6 Å². The van der Waals surface area contributed by atoms with Gasteiger partial charge in [0.15, 0.2) is 11.6 Å². The zero-order valence-electron chi connectivity index (χ0n) is 12.1. The third-order valence-corrected chi connectivity index (χ3v) is 3.43. The zero-order valence-corrected chi connectivity index (χ0v) is 12.9. The van der Waals surface area contributed by atoms with Gasteiger partial charge in [-0.05, 0) is 25.1 Å². The molecule has 0 aromatic heterocycles. The lowest BCUT2D eigenvalue weighted by Gasteiger charge is -2.35. The van der Waals surface area contributed by atoms with Crippen molar-refractivity contribution >= 4 is 24.2 Å². The lowest BCUT2D eigenvalue weighted by molar-refractivity contribution is -0.133. The average Bonchev–Trinajstić information content (AvgIpc) is 2.48. The first-order chi connectivity index (χ1) is 9.90. The van der Waals surface area contributed by atoms with Crippen LogP contribution in [0.2, 0.25) is 0 Å². The minimum Gasteiger partial charge on any atom is -0.338 e. The molecule has 122 valence electrons. The lowest BCUT2D eigenvalue weighted by Crippen LogP contribution is -2.53. The van der Waals surface area contributed by atoms with Crippen LogP contribution in [0.15, 0.2) is 18.2 Å². The normalized spacial score (nSPS) is 16.0. The van der Waals surface area contributed by atoms with Crippen LogP contribution in [0.25, 0.3) is 0 Å². The molecule has 0 aliphatic carbocycles. The molecular weight excluding hydrogens is 316 g/mol. The summed E-state index contributed by atoms with van der Waals surface area (Å²) in [5.41, 5.74) is 5.63. The highest BCUT2D eigenvalue weighted by atomic mass is 35.5. The number of nitrogens with two attached hydrogens (primary N) is 1. The van der Waals surface area contributed by atoms with Gasteiger partial charge in [-0.3, -0.25) is 9.59 Å². The van der Waals surface area contributed by atoms with Gasteiger partial charge in [0.25, 0.3) is 5.91 Å². The van der Waals surface area contributed by atoms with Crippen molar-refractivity contribution in [3.63, 3.8) is 0 Å². The fourth-order valence-electron chi connectivity index (χ4n) is 2.23. The summed E-state index contributed by atoms with van der Waals surface area (Å²) in [6.45, 7) is 3.07. The monoisotopic (exact) mass is 333 g/mol. The Hall–Kier alpha value is -1.73. The van der Waals surface area contributed by atoms with Crippen LogP contribution in [0.3, 0.4) is 0 Å². The van der Waals surface area contributed by atoms with Crippen molar-refractivity contribution in [1.29, 1.82) is 0 Å². The van der Waals surface area contributed by atoms with Crippen molar-refractivity contribution in [3.8, 4) is 0 Å². The van der Waals surface area contributed by atoms with E-state index in [9.17, 15) is 18.4 Å². The second-order valence-corrected chi connectivity index (χ2v) is 5.04.